The Balaban J connectivity index is 1.89. The van der Waals surface area contributed by atoms with Crippen LogP contribution in [0.15, 0.2) is 30.3 Å². The molecule has 1 aliphatic heterocycles. The van der Waals surface area contributed by atoms with Crippen LogP contribution >= 0.6 is 0 Å². The fraction of sp³-hybridized carbons (Fsp3) is 0.650. The Kier molecular flexibility index (Phi) is 4.47. The Bertz CT molecular complexity index is 592. The van der Waals surface area contributed by atoms with Crippen molar-refractivity contribution in [3.8, 4) is 0 Å². The summed E-state index contributed by atoms with van der Waals surface area (Å²) < 4.78 is 6.70. The van der Waals surface area contributed by atoms with Crippen molar-refractivity contribution in [3.05, 3.63) is 35.9 Å². The molecule has 1 heterocycles. The number of benzene rings is 1. The molecule has 4 heteroatoms. The largest absolute Gasteiger partial charge is 0.454 e. The standard InChI is InChI=1S/C20H30NO3/c1-19(12-7-8-13-19)20(23,16-9-5-4-6-10-16)18(22)24-17-11-14-21(2,3)15-17/h4-6,9-10,17,23H,7-8,11-15H2,1-3H3/q+1/t17-,20+/m0/s1. The third kappa shape index (κ3) is 2.98. The number of likely N-dealkylation sites (N-methyl/N-ethyl adjacent to an activating group) is 1. The first-order valence-corrected chi connectivity index (χ1v) is 9.08. The second-order valence-corrected chi connectivity index (χ2v) is 8.50. The number of quaternary nitrogens is 1. The number of carbonyl (C=O) groups is 1. The fourth-order valence-corrected chi connectivity index (χ4v) is 4.47. The molecule has 0 aromatic heterocycles. The molecular formula is C20H30NO3+. The summed E-state index contributed by atoms with van der Waals surface area (Å²) in [6.07, 6.45) is 4.55. The lowest BCUT2D eigenvalue weighted by Crippen LogP contribution is -2.51. The molecule has 0 spiro atoms. The molecule has 1 saturated carbocycles. The number of hydrogen-bond acceptors (Lipinski definition) is 3. The highest BCUT2D eigenvalue weighted by Crippen LogP contribution is 2.52. The minimum Gasteiger partial charge on any atom is -0.454 e. The summed E-state index contributed by atoms with van der Waals surface area (Å²) in [6, 6.07) is 9.35. The van der Waals surface area contributed by atoms with Gasteiger partial charge in [0.2, 0.25) is 0 Å². The van der Waals surface area contributed by atoms with Crippen LogP contribution < -0.4 is 0 Å². The number of ether oxygens (including phenoxy) is 1. The molecule has 2 atom stereocenters. The molecular weight excluding hydrogens is 302 g/mol. The van der Waals surface area contributed by atoms with E-state index in [1.54, 1.807) is 0 Å². The van der Waals surface area contributed by atoms with Gasteiger partial charge in [0.25, 0.3) is 0 Å². The minimum absolute atomic E-state index is 0.104. The van der Waals surface area contributed by atoms with E-state index in [0.717, 1.165) is 49.7 Å². The first-order chi connectivity index (χ1) is 11.3. The first-order valence-electron chi connectivity index (χ1n) is 9.08. The zero-order valence-electron chi connectivity index (χ0n) is 15.1. The third-order valence-corrected chi connectivity index (χ3v) is 6.10. The smallest absolute Gasteiger partial charge is 0.343 e. The van der Waals surface area contributed by atoms with Crippen LogP contribution in [0.4, 0.5) is 0 Å². The van der Waals surface area contributed by atoms with Gasteiger partial charge in [-0.3, -0.25) is 0 Å². The predicted octanol–water partition coefficient (Wildman–Crippen LogP) is 2.85. The molecule has 24 heavy (non-hydrogen) atoms. The molecule has 1 saturated heterocycles. The summed E-state index contributed by atoms with van der Waals surface area (Å²) in [5, 5.41) is 11.6. The van der Waals surface area contributed by atoms with Crippen molar-refractivity contribution >= 4 is 5.97 Å². The number of likely N-dealkylation sites (tertiary alicyclic amines) is 1. The summed E-state index contributed by atoms with van der Waals surface area (Å²) in [7, 11) is 4.30. The van der Waals surface area contributed by atoms with Gasteiger partial charge >= 0.3 is 5.97 Å². The van der Waals surface area contributed by atoms with Crippen LogP contribution in [0.5, 0.6) is 0 Å². The first kappa shape index (κ1) is 17.4. The molecule has 0 radical (unpaired) electrons. The second kappa shape index (κ2) is 6.16. The Morgan fingerprint density at radius 3 is 2.42 bits per heavy atom. The number of aliphatic hydroxyl groups is 1. The van der Waals surface area contributed by atoms with E-state index in [1.807, 2.05) is 37.3 Å². The quantitative estimate of drug-likeness (QED) is 0.681. The summed E-state index contributed by atoms with van der Waals surface area (Å²) >= 11 is 0. The van der Waals surface area contributed by atoms with Crippen molar-refractivity contribution in [1.29, 1.82) is 0 Å². The van der Waals surface area contributed by atoms with E-state index in [1.165, 1.54) is 0 Å². The van der Waals surface area contributed by atoms with Gasteiger partial charge in [-0.1, -0.05) is 50.1 Å². The van der Waals surface area contributed by atoms with Crippen LogP contribution in [0.1, 0.15) is 44.6 Å². The summed E-state index contributed by atoms with van der Waals surface area (Å²) in [6.45, 7) is 3.84. The van der Waals surface area contributed by atoms with Crippen molar-refractivity contribution in [2.45, 2.75) is 50.7 Å². The van der Waals surface area contributed by atoms with Gasteiger partial charge < -0.3 is 14.3 Å². The molecule has 4 nitrogen and oxygen atoms in total. The highest BCUT2D eigenvalue weighted by molar-refractivity contribution is 5.82. The van der Waals surface area contributed by atoms with Crippen molar-refractivity contribution in [2.75, 3.05) is 27.2 Å². The van der Waals surface area contributed by atoms with Gasteiger partial charge in [-0.15, -0.1) is 0 Å². The third-order valence-electron chi connectivity index (χ3n) is 6.10. The number of nitrogens with zero attached hydrogens (tertiary/aromatic N) is 1. The van der Waals surface area contributed by atoms with Gasteiger partial charge in [-0.25, -0.2) is 4.79 Å². The summed E-state index contributed by atoms with van der Waals surface area (Å²) in [5.74, 6) is -0.468. The van der Waals surface area contributed by atoms with E-state index < -0.39 is 17.0 Å². The average Bonchev–Trinajstić information content (AvgIpc) is 3.14. The van der Waals surface area contributed by atoms with Crippen LogP contribution in [0.25, 0.3) is 0 Å². The van der Waals surface area contributed by atoms with Crippen LogP contribution in [0.3, 0.4) is 0 Å². The van der Waals surface area contributed by atoms with Crippen molar-refractivity contribution < 1.29 is 19.1 Å². The van der Waals surface area contributed by atoms with Crippen LogP contribution in [0, 0.1) is 5.41 Å². The maximum absolute atomic E-state index is 13.1. The Morgan fingerprint density at radius 2 is 1.88 bits per heavy atom. The van der Waals surface area contributed by atoms with Gasteiger partial charge in [0.05, 0.1) is 20.6 Å². The normalized spacial score (nSPS) is 27.6. The van der Waals surface area contributed by atoms with E-state index in [9.17, 15) is 9.90 Å². The Morgan fingerprint density at radius 1 is 1.25 bits per heavy atom. The maximum Gasteiger partial charge on any atom is 0.343 e. The van der Waals surface area contributed by atoms with Gasteiger partial charge in [-0.05, 0) is 18.4 Å². The SMILES string of the molecule is CC1([C@](O)(C(=O)O[C@H]2CC[N+](C)(C)C2)c2ccccc2)CCCC1. The van der Waals surface area contributed by atoms with Crippen molar-refractivity contribution in [1.82, 2.24) is 0 Å². The number of hydrogen-bond donors (Lipinski definition) is 1. The predicted molar refractivity (Wildman–Crippen MR) is 93.3 cm³/mol. The summed E-state index contributed by atoms with van der Waals surface area (Å²) in [5.41, 5.74) is -1.37. The van der Waals surface area contributed by atoms with Gasteiger partial charge in [0, 0.05) is 11.8 Å². The number of esters is 1. The molecule has 0 unspecified atom stereocenters. The number of rotatable bonds is 4. The van der Waals surface area contributed by atoms with Gasteiger partial charge in [0.15, 0.2) is 11.7 Å². The molecule has 132 valence electrons. The molecule has 1 aliphatic carbocycles. The molecule has 1 N–H and O–H groups in total. The molecule has 3 rings (SSSR count). The highest BCUT2D eigenvalue weighted by atomic mass is 16.6. The van der Waals surface area contributed by atoms with E-state index in [4.69, 9.17) is 4.74 Å². The van der Waals surface area contributed by atoms with Crippen LogP contribution in [0.2, 0.25) is 0 Å². The van der Waals surface area contributed by atoms with E-state index >= 15 is 0 Å². The summed E-state index contributed by atoms with van der Waals surface area (Å²) in [4.78, 5) is 13.1. The highest BCUT2D eigenvalue weighted by Gasteiger charge is 2.56. The molecule has 1 aromatic carbocycles. The topological polar surface area (TPSA) is 46.5 Å². The maximum atomic E-state index is 13.1. The number of carbonyl (C=O) groups excluding carboxylic acids is 1. The van der Waals surface area contributed by atoms with Gasteiger partial charge in [0.1, 0.15) is 6.54 Å². The molecule has 0 amide bonds. The lowest BCUT2D eigenvalue weighted by atomic mass is 9.68. The zero-order valence-corrected chi connectivity index (χ0v) is 15.1. The lowest BCUT2D eigenvalue weighted by molar-refractivity contribution is -0.879. The average molecular weight is 332 g/mol. The van der Waals surface area contributed by atoms with Crippen LogP contribution in [-0.2, 0) is 15.1 Å². The van der Waals surface area contributed by atoms with Crippen molar-refractivity contribution in [3.63, 3.8) is 0 Å². The molecule has 1 aromatic rings. The molecule has 2 fully saturated rings. The van der Waals surface area contributed by atoms with E-state index in [-0.39, 0.29) is 6.10 Å². The van der Waals surface area contributed by atoms with E-state index in [0.29, 0.717) is 5.56 Å². The monoisotopic (exact) mass is 332 g/mol. The fourth-order valence-electron chi connectivity index (χ4n) is 4.47. The molecule has 2 aliphatic rings. The van der Waals surface area contributed by atoms with Crippen molar-refractivity contribution in [2.24, 2.45) is 5.41 Å². The van der Waals surface area contributed by atoms with Crippen LogP contribution in [-0.4, -0.2) is 48.8 Å². The second-order valence-electron chi connectivity index (χ2n) is 8.50. The Hall–Kier alpha value is -1.39. The lowest BCUT2D eigenvalue weighted by Gasteiger charge is -2.41. The van der Waals surface area contributed by atoms with E-state index in [2.05, 4.69) is 14.1 Å². The van der Waals surface area contributed by atoms with Gasteiger partial charge in [-0.2, -0.15) is 0 Å². The molecule has 0 bridgehead atoms. The Labute approximate surface area is 145 Å². The minimum atomic E-state index is -1.56. The zero-order chi connectivity index (χ0) is 17.4.